The van der Waals surface area contributed by atoms with Crippen LogP contribution in [0.5, 0.6) is 11.6 Å². The molecule has 0 saturated carbocycles. The first-order chi connectivity index (χ1) is 10.2. The molecule has 1 N–H and O–H groups in total. The van der Waals surface area contributed by atoms with Crippen LogP contribution in [0.3, 0.4) is 0 Å². The van der Waals surface area contributed by atoms with Gasteiger partial charge in [0, 0.05) is 35.5 Å². The molecule has 1 heterocycles. The maximum Gasteiger partial charge on any atom is 0.222 e. The molecule has 1 aromatic carbocycles. The average molecular weight is 398 g/mol. The SMILES string of the molecule is COCCNCc1cnc(Oc2ccc(I)cc2)c(C)c1. The summed E-state index contributed by atoms with van der Waals surface area (Å²) >= 11 is 2.27. The topological polar surface area (TPSA) is 43.4 Å². The second-order valence-corrected chi connectivity index (χ2v) is 5.94. The van der Waals surface area contributed by atoms with Gasteiger partial charge in [-0.2, -0.15) is 0 Å². The number of nitrogens with one attached hydrogen (secondary N) is 1. The lowest BCUT2D eigenvalue weighted by Gasteiger charge is -2.10. The van der Waals surface area contributed by atoms with E-state index in [-0.39, 0.29) is 0 Å². The number of aryl methyl sites for hydroxylation is 1. The molecule has 0 aliphatic heterocycles. The van der Waals surface area contributed by atoms with Crippen molar-refractivity contribution in [1.82, 2.24) is 10.3 Å². The fourth-order valence-electron chi connectivity index (χ4n) is 1.85. The van der Waals surface area contributed by atoms with E-state index >= 15 is 0 Å². The van der Waals surface area contributed by atoms with E-state index in [1.165, 1.54) is 3.57 Å². The van der Waals surface area contributed by atoms with Crippen LogP contribution in [-0.4, -0.2) is 25.2 Å². The van der Waals surface area contributed by atoms with Crippen molar-refractivity contribution >= 4 is 22.6 Å². The number of ether oxygens (including phenoxy) is 2. The van der Waals surface area contributed by atoms with Crippen LogP contribution in [-0.2, 0) is 11.3 Å². The van der Waals surface area contributed by atoms with Crippen molar-refractivity contribution in [2.45, 2.75) is 13.5 Å². The Balaban J connectivity index is 1.97. The Morgan fingerprint density at radius 2 is 2.00 bits per heavy atom. The molecule has 0 spiro atoms. The van der Waals surface area contributed by atoms with Gasteiger partial charge in [-0.15, -0.1) is 0 Å². The largest absolute Gasteiger partial charge is 0.439 e. The number of aromatic nitrogens is 1. The number of pyridine rings is 1. The Bertz CT molecular complexity index is 573. The first-order valence-corrected chi connectivity index (χ1v) is 7.85. The lowest BCUT2D eigenvalue weighted by molar-refractivity contribution is 0.199. The Labute approximate surface area is 139 Å². The zero-order chi connectivity index (χ0) is 15.1. The van der Waals surface area contributed by atoms with Gasteiger partial charge in [0.25, 0.3) is 0 Å². The molecule has 4 nitrogen and oxygen atoms in total. The van der Waals surface area contributed by atoms with E-state index in [0.29, 0.717) is 12.5 Å². The van der Waals surface area contributed by atoms with Crippen molar-refractivity contribution in [3.63, 3.8) is 0 Å². The summed E-state index contributed by atoms with van der Waals surface area (Å²) in [7, 11) is 1.70. The summed E-state index contributed by atoms with van der Waals surface area (Å²) < 4.78 is 12.0. The van der Waals surface area contributed by atoms with Crippen molar-refractivity contribution in [3.8, 4) is 11.6 Å². The highest BCUT2D eigenvalue weighted by atomic mass is 127. The molecular weight excluding hydrogens is 379 g/mol. The van der Waals surface area contributed by atoms with Crippen molar-refractivity contribution in [3.05, 3.63) is 51.2 Å². The molecule has 0 saturated heterocycles. The average Bonchev–Trinajstić information content (AvgIpc) is 2.48. The van der Waals surface area contributed by atoms with Crippen molar-refractivity contribution in [2.75, 3.05) is 20.3 Å². The second-order valence-electron chi connectivity index (χ2n) is 4.69. The van der Waals surface area contributed by atoms with Crippen LogP contribution in [0.4, 0.5) is 0 Å². The Morgan fingerprint density at radius 3 is 2.67 bits per heavy atom. The molecule has 112 valence electrons. The Kier molecular flexibility index (Phi) is 6.41. The lowest BCUT2D eigenvalue weighted by atomic mass is 10.2. The van der Waals surface area contributed by atoms with Crippen LogP contribution in [0.25, 0.3) is 0 Å². The van der Waals surface area contributed by atoms with E-state index in [0.717, 1.165) is 30.0 Å². The van der Waals surface area contributed by atoms with E-state index in [9.17, 15) is 0 Å². The molecule has 0 aliphatic carbocycles. The van der Waals surface area contributed by atoms with Gasteiger partial charge in [-0.3, -0.25) is 0 Å². The van der Waals surface area contributed by atoms with E-state index < -0.39 is 0 Å². The normalized spacial score (nSPS) is 10.6. The van der Waals surface area contributed by atoms with Crippen molar-refractivity contribution < 1.29 is 9.47 Å². The van der Waals surface area contributed by atoms with Gasteiger partial charge in [0.2, 0.25) is 5.88 Å². The van der Waals surface area contributed by atoms with Gasteiger partial charge in [-0.1, -0.05) is 0 Å². The van der Waals surface area contributed by atoms with Crippen LogP contribution in [0.2, 0.25) is 0 Å². The molecule has 0 bridgehead atoms. The van der Waals surface area contributed by atoms with Gasteiger partial charge in [-0.25, -0.2) is 4.98 Å². The summed E-state index contributed by atoms with van der Waals surface area (Å²) in [5.41, 5.74) is 2.16. The number of methoxy groups -OCH3 is 1. The number of nitrogens with zero attached hydrogens (tertiary/aromatic N) is 1. The van der Waals surface area contributed by atoms with Crippen LogP contribution in [0, 0.1) is 10.5 Å². The van der Waals surface area contributed by atoms with E-state index in [2.05, 4.69) is 39.0 Å². The minimum atomic E-state index is 0.650. The first-order valence-electron chi connectivity index (χ1n) is 6.77. The first kappa shape index (κ1) is 16.2. The number of hydrogen-bond donors (Lipinski definition) is 1. The predicted molar refractivity (Wildman–Crippen MR) is 91.8 cm³/mol. The Hall–Kier alpha value is -1.18. The van der Waals surface area contributed by atoms with E-state index in [1.807, 2.05) is 37.4 Å². The quantitative estimate of drug-likeness (QED) is 0.573. The molecule has 0 amide bonds. The number of halogens is 1. The van der Waals surface area contributed by atoms with Gasteiger partial charge in [0.05, 0.1) is 6.61 Å². The molecule has 0 radical (unpaired) electrons. The molecule has 1 aromatic heterocycles. The molecule has 0 atom stereocenters. The van der Waals surface area contributed by atoms with Crippen LogP contribution in [0.1, 0.15) is 11.1 Å². The third-order valence-corrected chi connectivity index (χ3v) is 3.65. The smallest absolute Gasteiger partial charge is 0.222 e. The second kappa shape index (κ2) is 8.31. The van der Waals surface area contributed by atoms with Gasteiger partial charge in [0.15, 0.2) is 0 Å². The summed E-state index contributed by atoms with van der Waals surface area (Å²) in [5, 5.41) is 3.30. The highest BCUT2D eigenvalue weighted by Gasteiger charge is 2.04. The van der Waals surface area contributed by atoms with E-state index in [1.54, 1.807) is 7.11 Å². The molecule has 21 heavy (non-hydrogen) atoms. The van der Waals surface area contributed by atoms with Gasteiger partial charge in [-0.05, 0) is 65.4 Å². The zero-order valence-corrected chi connectivity index (χ0v) is 14.4. The van der Waals surface area contributed by atoms with Gasteiger partial charge in [0.1, 0.15) is 5.75 Å². The van der Waals surface area contributed by atoms with Gasteiger partial charge < -0.3 is 14.8 Å². The number of hydrogen-bond acceptors (Lipinski definition) is 4. The van der Waals surface area contributed by atoms with Crippen molar-refractivity contribution in [2.24, 2.45) is 0 Å². The fourth-order valence-corrected chi connectivity index (χ4v) is 2.20. The summed E-state index contributed by atoms with van der Waals surface area (Å²) in [6.45, 7) is 4.32. The standard InChI is InChI=1S/C16H19IN2O2/c1-12-9-13(10-18-7-8-20-2)11-19-16(12)21-15-5-3-14(17)4-6-15/h3-6,9,11,18H,7-8,10H2,1-2H3. The summed E-state index contributed by atoms with van der Waals surface area (Å²) in [6, 6.07) is 10.0. The van der Waals surface area contributed by atoms with Gasteiger partial charge >= 0.3 is 0 Å². The Morgan fingerprint density at radius 1 is 1.24 bits per heavy atom. The minimum Gasteiger partial charge on any atom is -0.439 e. The molecule has 5 heteroatoms. The number of benzene rings is 1. The molecular formula is C16H19IN2O2. The third kappa shape index (κ3) is 5.26. The third-order valence-electron chi connectivity index (χ3n) is 2.93. The summed E-state index contributed by atoms with van der Waals surface area (Å²) in [4.78, 5) is 4.40. The van der Waals surface area contributed by atoms with Crippen LogP contribution < -0.4 is 10.1 Å². The number of rotatable bonds is 7. The fraction of sp³-hybridized carbons (Fsp3) is 0.312. The van der Waals surface area contributed by atoms with E-state index in [4.69, 9.17) is 9.47 Å². The molecule has 0 unspecified atom stereocenters. The summed E-state index contributed by atoms with van der Waals surface area (Å²) in [6.07, 6.45) is 1.84. The molecule has 2 aromatic rings. The minimum absolute atomic E-state index is 0.650. The highest BCUT2D eigenvalue weighted by Crippen LogP contribution is 2.23. The summed E-state index contributed by atoms with van der Waals surface area (Å²) in [5.74, 6) is 1.45. The maximum absolute atomic E-state index is 5.81. The molecule has 2 rings (SSSR count). The van der Waals surface area contributed by atoms with Crippen molar-refractivity contribution in [1.29, 1.82) is 0 Å². The zero-order valence-electron chi connectivity index (χ0n) is 12.2. The predicted octanol–water partition coefficient (Wildman–Crippen LogP) is 3.52. The molecule has 0 aliphatic rings. The van der Waals surface area contributed by atoms with Crippen LogP contribution >= 0.6 is 22.6 Å². The van der Waals surface area contributed by atoms with Crippen LogP contribution in [0.15, 0.2) is 36.5 Å². The highest BCUT2D eigenvalue weighted by molar-refractivity contribution is 14.1. The maximum atomic E-state index is 5.81. The molecule has 0 fully saturated rings. The lowest BCUT2D eigenvalue weighted by Crippen LogP contribution is -2.18. The monoisotopic (exact) mass is 398 g/mol.